The summed E-state index contributed by atoms with van der Waals surface area (Å²) in [6.07, 6.45) is 0.192. The van der Waals surface area contributed by atoms with E-state index in [9.17, 15) is 14.8 Å². The van der Waals surface area contributed by atoms with Crippen LogP contribution in [0.1, 0.15) is 17.4 Å². The number of likely N-dealkylation sites (N-methyl/N-ethyl adjacent to an activating group) is 1. The van der Waals surface area contributed by atoms with Crippen LogP contribution < -0.4 is 9.63 Å². The van der Waals surface area contributed by atoms with E-state index in [4.69, 9.17) is 4.74 Å². The summed E-state index contributed by atoms with van der Waals surface area (Å²) in [4.78, 5) is 25.6. The van der Waals surface area contributed by atoms with Gasteiger partial charge >= 0.3 is 11.7 Å². The molecule has 0 bridgehead atoms. The zero-order valence-electron chi connectivity index (χ0n) is 12.3. The summed E-state index contributed by atoms with van der Waals surface area (Å²) < 4.78 is 5.47. The molecule has 2 aromatic rings. The summed E-state index contributed by atoms with van der Waals surface area (Å²) in [5.41, 5.74) is 0.526. The number of carbonyl (C=O) groups excluding carboxylic acids is 2. The maximum absolute atomic E-state index is 12.3. The van der Waals surface area contributed by atoms with E-state index in [0.29, 0.717) is 10.4 Å². The molecule has 0 saturated heterocycles. The Bertz CT molecular complexity index is 673. The minimum absolute atomic E-state index is 0.162. The van der Waals surface area contributed by atoms with Gasteiger partial charge in [0.2, 0.25) is 0 Å². The van der Waals surface area contributed by atoms with Gasteiger partial charge in [0.25, 0.3) is 5.91 Å². The highest BCUT2D eigenvalue weighted by Crippen LogP contribution is 2.13. The highest BCUT2D eigenvalue weighted by molar-refractivity contribution is 5.97. The van der Waals surface area contributed by atoms with Gasteiger partial charge in [0.05, 0.1) is 0 Å². The van der Waals surface area contributed by atoms with E-state index in [1.54, 1.807) is 37.4 Å². The molecular formula is C16H16N2O4. The largest absolute Gasteiger partial charge is 0.618 e. The van der Waals surface area contributed by atoms with E-state index in [2.05, 4.69) is 0 Å². The van der Waals surface area contributed by atoms with Crippen molar-refractivity contribution in [2.75, 3.05) is 11.9 Å². The van der Waals surface area contributed by atoms with Gasteiger partial charge in [-0.2, -0.15) is 4.73 Å². The summed E-state index contributed by atoms with van der Waals surface area (Å²) in [5, 5.41) is 11.5. The van der Waals surface area contributed by atoms with Crippen molar-refractivity contribution < 1.29 is 19.1 Å². The average Bonchev–Trinajstić information content (AvgIpc) is 2.54. The van der Waals surface area contributed by atoms with Gasteiger partial charge in [-0.25, -0.2) is 4.79 Å². The molecule has 1 aromatic heterocycles. The van der Waals surface area contributed by atoms with Crippen LogP contribution in [-0.4, -0.2) is 25.0 Å². The fraction of sp³-hybridized carbons (Fsp3) is 0.188. The van der Waals surface area contributed by atoms with Crippen molar-refractivity contribution in [3.63, 3.8) is 0 Å². The molecule has 0 fully saturated rings. The molecule has 114 valence electrons. The Hall–Kier alpha value is -2.89. The third-order valence-electron chi connectivity index (χ3n) is 3.14. The first-order valence-corrected chi connectivity index (χ1v) is 6.72. The molecule has 6 nitrogen and oxygen atoms in total. The molecule has 1 heterocycles. The molecule has 0 aliphatic carbocycles. The third kappa shape index (κ3) is 3.41. The number of amides is 1. The smallest absolute Gasteiger partial charge is 0.405 e. The zero-order valence-corrected chi connectivity index (χ0v) is 12.3. The maximum atomic E-state index is 12.3. The highest BCUT2D eigenvalue weighted by Gasteiger charge is 2.26. The van der Waals surface area contributed by atoms with Crippen molar-refractivity contribution in [2.24, 2.45) is 0 Å². The van der Waals surface area contributed by atoms with E-state index < -0.39 is 12.1 Å². The molecule has 0 saturated carbocycles. The van der Waals surface area contributed by atoms with E-state index >= 15 is 0 Å². The second kappa shape index (κ2) is 6.71. The molecule has 1 amide bonds. The summed E-state index contributed by atoms with van der Waals surface area (Å²) >= 11 is 0. The fourth-order valence-electron chi connectivity index (χ4n) is 1.91. The van der Waals surface area contributed by atoms with Crippen molar-refractivity contribution >= 4 is 17.6 Å². The van der Waals surface area contributed by atoms with Crippen molar-refractivity contribution in [1.82, 2.24) is 0 Å². The predicted octanol–water partition coefficient (Wildman–Crippen LogP) is 1.53. The van der Waals surface area contributed by atoms with E-state index in [-0.39, 0.29) is 11.6 Å². The Morgan fingerprint density at radius 2 is 1.77 bits per heavy atom. The van der Waals surface area contributed by atoms with Crippen LogP contribution in [0.25, 0.3) is 0 Å². The second-order valence-corrected chi connectivity index (χ2v) is 4.69. The van der Waals surface area contributed by atoms with Crippen molar-refractivity contribution in [3.8, 4) is 0 Å². The van der Waals surface area contributed by atoms with Crippen molar-refractivity contribution in [2.45, 2.75) is 13.0 Å². The van der Waals surface area contributed by atoms with Crippen LogP contribution >= 0.6 is 0 Å². The van der Waals surface area contributed by atoms with Crippen molar-refractivity contribution in [3.05, 3.63) is 65.6 Å². The average molecular weight is 300 g/mol. The zero-order chi connectivity index (χ0) is 16.1. The van der Waals surface area contributed by atoms with E-state index in [1.165, 1.54) is 30.2 Å². The molecule has 2 rings (SSSR count). The van der Waals surface area contributed by atoms with Crippen LogP contribution in [-0.2, 0) is 9.53 Å². The van der Waals surface area contributed by atoms with Crippen molar-refractivity contribution in [1.29, 1.82) is 0 Å². The molecule has 0 aliphatic rings. The lowest BCUT2D eigenvalue weighted by Crippen LogP contribution is -2.40. The molecule has 0 spiro atoms. The lowest BCUT2D eigenvalue weighted by Gasteiger charge is -2.21. The van der Waals surface area contributed by atoms with E-state index in [0.717, 1.165) is 0 Å². The number of carbonyl (C=O) groups is 2. The van der Waals surface area contributed by atoms with Crippen LogP contribution in [0.5, 0.6) is 0 Å². The van der Waals surface area contributed by atoms with Gasteiger partial charge in [0, 0.05) is 24.9 Å². The number of benzene rings is 1. The van der Waals surface area contributed by atoms with Crippen LogP contribution in [0.15, 0.2) is 54.7 Å². The number of rotatable bonds is 4. The molecule has 22 heavy (non-hydrogen) atoms. The first-order chi connectivity index (χ1) is 10.5. The summed E-state index contributed by atoms with van der Waals surface area (Å²) in [6.45, 7) is 1.47. The first-order valence-electron chi connectivity index (χ1n) is 6.72. The molecule has 6 heteroatoms. The number of para-hydroxylation sites is 1. The number of anilines is 1. The molecule has 1 atom stereocenters. The van der Waals surface area contributed by atoms with Gasteiger partial charge in [-0.05, 0) is 25.1 Å². The van der Waals surface area contributed by atoms with Gasteiger partial charge in [0.1, 0.15) is 0 Å². The fourth-order valence-corrected chi connectivity index (χ4v) is 1.91. The van der Waals surface area contributed by atoms with E-state index in [1.807, 2.05) is 6.07 Å². The Labute approximate surface area is 128 Å². The number of esters is 1. The summed E-state index contributed by atoms with van der Waals surface area (Å²) in [6, 6.07) is 13.4. The first kappa shape index (κ1) is 15.5. The summed E-state index contributed by atoms with van der Waals surface area (Å²) in [7, 11) is 1.60. The monoisotopic (exact) mass is 300 g/mol. The minimum Gasteiger partial charge on any atom is -0.618 e. The molecular weight excluding hydrogens is 284 g/mol. The molecule has 0 unspecified atom stereocenters. The lowest BCUT2D eigenvalue weighted by molar-refractivity contribution is -0.608. The normalized spacial score (nSPS) is 11.5. The molecule has 0 radical (unpaired) electrons. The number of hydrogen-bond donors (Lipinski definition) is 0. The highest BCUT2D eigenvalue weighted by atomic mass is 16.6. The molecule has 0 aliphatic heterocycles. The van der Waals surface area contributed by atoms with Gasteiger partial charge < -0.3 is 14.8 Å². The third-order valence-corrected chi connectivity index (χ3v) is 3.14. The van der Waals surface area contributed by atoms with Crippen LogP contribution in [0.2, 0.25) is 0 Å². The number of nitrogens with zero attached hydrogens (tertiary/aromatic N) is 2. The number of ether oxygens (including phenoxy) is 1. The predicted molar refractivity (Wildman–Crippen MR) is 80.1 cm³/mol. The van der Waals surface area contributed by atoms with Gasteiger partial charge in [-0.3, -0.25) is 4.79 Å². The number of pyridine rings is 1. The summed E-state index contributed by atoms with van der Waals surface area (Å²) in [5.74, 6) is -1.22. The van der Waals surface area contributed by atoms with Crippen LogP contribution in [0, 0.1) is 5.21 Å². The second-order valence-electron chi connectivity index (χ2n) is 4.69. The van der Waals surface area contributed by atoms with Crippen LogP contribution in [0.3, 0.4) is 0 Å². The topological polar surface area (TPSA) is 73.5 Å². The quantitative estimate of drug-likeness (QED) is 0.487. The molecule has 1 aromatic carbocycles. The molecule has 0 N–H and O–H groups in total. The Morgan fingerprint density at radius 3 is 2.41 bits per heavy atom. The lowest BCUT2D eigenvalue weighted by atomic mass is 10.2. The Morgan fingerprint density at radius 1 is 1.14 bits per heavy atom. The maximum Gasteiger partial charge on any atom is 0.405 e. The van der Waals surface area contributed by atoms with Gasteiger partial charge in [-0.15, -0.1) is 0 Å². The van der Waals surface area contributed by atoms with Gasteiger partial charge in [0.15, 0.2) is 12.3 Å². The Kier molecular flexibility index (Phi) is 4.73. The SMILES string of the molecule is C[C@H](OC(=O)c1cccc[n+]1[O-])C(=O)N(C)c1ccccc1. The van der Waals surface area contributed by atoms with Crippen LogP contribution in [0.4, 0.5) is 5.69 Å². The standard InChI is InChI=1S/C16H16N2O4/c1-12(15(19)17(2)13-8-4-3-5-9-13)22-16(20)14-10-6-7-11-18(14)21/h3-12H,1-2H3/t12-/m0/s1. The number of hydrogen-bond acceptors (Lipinski definition) is 4. The minimum atomic E-state index is -1.00. The van der Waals surface area contributed by atoms with Gasteiger partial charge in [-0.1, -0.05) is 18.2 Å². The Balaban J connectivity index is 2.06. The number of aromatic nitrogens is 1.